The molecule has 0 bridgehead atoms. The van der Waals surface area contributed by atoms with Gasteiger partial charge in [0.25, 0.3) is 0 Å². The number of carbonyl (C=O) groups is 4. The van der Waals surface area contributed by atoms with Crippen LogP contribution in [0.15, 0.2) is 5.10 Å². The van der Waals surface area contributed by atoms with Crippen molar-refractivity contribution in [1.29, 1.82) is 0 Å². The molecule has 0 aromatic rings. The Morgan fingerprint density at radius 2 is 1.70 bits per heavy atom. The Morgan fingerprint density at radius 3 is 2.30 bits per heavy atom. The molecule has 1 saturated heterocycles. The van der Waals surface area contributed by atoms with Crippen LogP contribution in [0.3, 0.4) is 0 Å². The van der Waals surface area contributed by atoms with Gasteiger partial charge in [-0.3, -0.25) is 25.0 Å². The Labute approximate surface area is 115 Å². The average Bonchev–Trinajstić information content (AvgIpc) is 2.42. The number of carbonyl (C=O) groups excluding carboxylic acids is 4. The molecule has 0 unspecified atom stereocenters. The van der Waals surface area contributed by atoms with E-state index in [1.54, 1.807) is 0 Å². The minimum absolute atomic E-state index is 0.0588. The van der Waals surface area contributed by atoms with Gasteiger partial charge in [-0.1, -0.05) is 19.3 Å². The summed E-state index contributed by atoms with van der Waals surface area (Å²) in [5.41, 5.74) is 2.34. The first-order chi connectivity index (χ1) is 9.58. The highest BCUT2D eigenvalue weighted by Gasteiger charge is 2.32. The highest BCUT2D eigenvalue weighted by Crippen LogP contribution is 2.23. The van der Waals surface area contributed by atoms with Crippen molar-refractivity contribution < 1.29 is 19.2 Å². The lowest BCUT2D eigenvalue weighted by Gasteiger charge is -2.19. The van der Waals surface area contributed by atoms with E-state index in [2.05, 4.69) is 10.5 Å². The van der Waals surface area contributed by atoms with Crippen LogP contribution in [0.5, 0.6) is 0 Å². The number of imide groups is 2. The van der Waals surface area contributed by atoms with Gasteiger partial charge in [0.2, 0.25) is 17.7 Å². The van der Waals surface area contributed by atoms with E-state index in [1.807, 2.05) is 10.6 Å². The average molecular weight is 280 g/mol. The summed E-state index contributed by atoms with van der Waals surface area (Å²) < 4.78 is 0. The Balaban J connectivity index is 1.86. The van der Waals surface area contributed by atoms with Gasteiger partial charge in [0.15, 0.2) is 5.92 Å². The summed E-state index contributed by atoms with van der Waals surface area (Å²) in [4.78, 5) is 45.4. The molecule has 8 nitrogen and oxygen atoms in total. The van der Waals surface area contributed by atoms with Gasteiger partial charge in [-0.05, 0) is 12.8 Å². The fourth-order valence-corrected chi connectivity index (χ4v) is 2.30. The molecule has 0 atom stereocenters. The third kappa shape index (κ3) is 3.40. The van der Waals surface area contributed by atoms with Crippen LogP contribution >= 0.6 is 0 Å². The zero-order chi connectivity index (χ0) is 14.5. The predicted octanol–water partition coefficient (Wildman–Crippen LogP) is -0.349. The minimum Gasteiger partial charge on any atom is -0.277 e. The number of amides is 5. The largest absolute Gasteiger partial charge is 0.328 e. The van der Waals surface area contributed by atoms with Crippen molar-refractivity contribution >= 4 is 30.0 Å². The van der Waals surface area contributed by atoms with Gasteiger partial charge in [-0.2, -0.15) is 5.10 Å². The molecule has 1 saturated carbocycles. The van der Waals surface area contributed by atoms with Gasteiger partial charge in [0.05, 0.1) is 0 Å². The summed E-state index contributed by atoms with van der Waals surface area (Å²) in [5.74, 6) is -2.98. The summed E-state index contributed by atoms with van der Waals surface area (Å²) in [6, 6.07) is -0.851. The van der Waals surface area contributed by atoms with Crippen LogP contribution in [0.25, 0.3) is 0 Å². The van der Waals surface area contributed by atoms with E-state index in [9.17, 15) is 19.2 Å². The van der Waals surface area contributed by atoms with Crippen LogP contribution in [-0.2, 0) is 14.4 Å². The summed E-state index contributed by atoms with van der Waals surface area (Å²) in [6.45, 7) is 0. The molecule has 1 aliphatic carbocycles. The van der Waals surface area contributed by atoms with Crippen LogP contribution < -0.4 is 16.1 Å². The van der Waals surface area contributed by atoms with E-state index < -0.39 is 23.8 Å². The standard InChI is InChI=1S/C12H16N4O4/c17-9(7-4-2-1-3-5-7)16-13-6-8-10(18)14-12(20)15-11(8)19/h6-8H,1-5H2,(H,16,17)(H2,14,15,18,19,20). The molecule has 8 heteroatoms. The maximum Gasteiger partial charge on any atom is 0.328 e. The molecule has 0 aromatic heterocycles. The van der Waals surface area contributed by atoms with Gasteiger partial charge in [0.1, 0.15) is 0 Å². The SMILES string of the molecule is O=C1NC(=O)C(C=NNC(=O)C2CCCCC2)C(=O)N1. The van der Waals surface area contributed by atoms with Crippen molar-refractivity contribution in [1.82, 2.24) is 16.1 Å². The fourth-order valence-electron chi connectivity index (χ4n) is 2.30. The van der Waals surface area contributed by atoms with Crippen LogP contribution in [0.2, 0.25) is 0 Å². The number of nitrogens with zero attached hydrogens (tertiary/aromatic N) is 1. The van der Waals surface area contributed by atoms with Gasteiger partial charge >= 0.3 is 6.03 Å². The number of hydrogen-bond acceptors (Lipinski definition) is 5. The van der Waals surface area contributed by atoms with E-state index in [0.717, 1.165) is 38.3 Å². The van der Waals surface area contributed by atoms with Crippen molar-refractivity contribution in [3.63, 3.8) is 0 Å². The second kappa shape index (κ2) is 6.27. The Kier molecular flexibility index (Phi) is 4.44. The highest BCUT2D eigenvalue weighted by atomic mass is 16.2. The Bertz CT molecular complexity index is 448. The lowest BCUT2D eigenvalue weighted by atomic mass is 9.89. The summed E-state index contributed by atoms with van der Waals surface area (Å²) in [7, 11) is 0. The monoisotopic (exact) mass is 280 g/mol. The van der Waals surface area contributed by atoms with E-state index in [4.69, 9.17) is 0 Å². The normalized spacial score (nSPS) is 21.7. The molecule has 5 amide bonds. The third-order valence-electron chi connectivity index (χ3n) is 3.41. The topological polar surface area (TPSA) is 117 Å². The molecule has 1 heterocycles. The summed E-state index contributed by atoms with van der Waals surface area (Å²) in [5, 5.41) is 7.53. The van der Waals surface area contributed by atoms with Gasteiger partial charge in [0, 0.05) is 12.1 Å². The summed E-state index contributed by atoms with van der Waals surface area (Å²) >= 11 is 0. The van der Waals surface area contributed by atoms with Crippen LogP contribution in [-0.4, -0.2) is 30.0 Å². The predicted molar refractivity (Wildman–Crippen MR) is 68.4 cm³/mol. The van der Waals surface area contributed by atoms with Gasteiger partial charge in [-0.15, -0.1) is 0 Å². The van der Waals surface area contributed by atoms with Crippen molar-refractivity contribution in [2.75, 3.05) is 0 Å². The maximum absolute atomic E-state index is 11.8. The molecule has 2 fully saturated rings. The number of nitrogens with one attached hydrogen (secondary N) is 3. The number of rotatable bonds is 3. The molecular formula is C12H16N4O4. The highest BCUT2D eigenvalue weighted by molar-refractivity contribution is 6.23. The molecule has 0 aromatic carbocycles. The molecule has 108 valence electrons. The molecule has 3 N–H and O–H groups in total. The smallest absolute Gasteiger partial charge is 0.277 e. The van der Waals surface area contributed by atoms with Gasteiger partial charge < -0.3 is 0 Å². The first kappa shape index (κ1) is 14.2. The molecule has 20 heavy (non-hydrogen) atoms. The zero-order valence-corrected chi connectivity index (χ0v) is 10.8. The number of barbiturate groups is 1. The molecule has 2 aliphatic rings. The van der Waals surface area contributed by atoms with E-state index in [1.165, 1.54) is 0 Å². The van der Waals surface area contributed by atoms with Crippen molar-refractivity contribution in [2.45, 2.75) is 32.1 Å². The first-order valence-electron chi connectivity index (χ1n) is 6.56. The number of hydrazone groups is 1. The van der Waals surface area contributed by atoms with Crippen LogP contribution in [0.1, 0.15) is 32.1 Å². The van der Waals surface area contributed by atoms with Crippen molar-refractivity contribution in [3.8, 4) is 0 Å². The Hall–Kier alpha value is -2.25. The first-order valence-corrected chi connectivity index (χ1v) is 6.56. The quantitative estimate of drug-likeness (QED) is 0.372. The number of urea groups is 1. The van der Waals surface area contributed by atoms with Crippen LogP contribution in [0.4, 0.5) is 4.79 Å². The molecular weight excluding hydrogens is 264 g/mol. The van der Waals surface area contributed by atoms with Gasteiger partial charge in [-0.25, -0.2) is 10.2 Å². The third-order valence-corrected chi connectivity index (χ3v) is 3.41. The van der Waals surface area contributed by atoms with Crippen molar-refractivity contribution in [3.05, 3.63) is 0 Å². The maximum atomic E-state index is 11.8. The molecule has 2 rings (SSSR count). The Morgan fingerprint density at radius 1 is 1.10 bits per heavy atom. The molecule has 0 spiro atoms. The summed E-state index contributed by atoms with van der Waals surface area (Å²) in [6.07, 6.45) is 5.89. The van der Waals surface area contributed by atoms with Crippen LogP contribution in [0, 0.1) is 11.8 Å². The lowest BCUT2D eigenvalue weighted by Crippen LogP contribution is -2.56. The molecule has 1 aliphatic heterocycles. The van der Waals surface area contributed by atoms with Crippen molar-refractivity contribution in [2.24, 2.45) is 16.9 Å². The second-order valence-electron chi connectivity index (χ2n) is 4.87. The van der Waals surface area contributed by atoms with E-state index >= 15 is 0 Å². The second-order valence-corrected chi connectivity index (χ2v) is 4.87. The van der Waals surface area contributed by atoms with E-state index in [0.29, 0.717) is 0 Å². The minimum atomic E-state index is -1.21. The zero-order valence-electron chi connectivity index (χ0n) is 10.8. The molecule has 0 radical (unpaired) electrons. The van der Waals surface area contributed by atoms with E-state index in [-0.39, 0.29) is 11.8 Å². The number of hydrogen-bond donors (Lipinski definition) is 3. The fraction of sp³-hybridized carbons (Fsp3) is 0.583. The lowest BCUT2D eigenvalue weighted by molar-refractivity contribution is -0.133.